The zero-order valence-corrected chi connectivity index (χ0v) is 22.9. The zero-order valence-electron chi connectivity index (χ0n) is 22.9. The van der Waals surface area contributed by atoms with Gasteiger partial charge in [0.25, 0.3) is 0 Å². The largest absolute Gasteiger partial charge is 0.309 e. The summed E-state index contributed by atoms with van der Waals surface area (Å²) in [5.74, 6) is 0. The Hall–Kier alpha value is -5.40. The van der Waals surface area contributed by atoms with Gasteiger partial charge in [-0.25, -0.2) is 0 Å². The van der Waals surface area contributed by atoms with Gasteiger partial charge in [0.05, 0.1) is 16.4 Å². The first-order chi connectivity index (χ1) is 20.9. The Morgan fingerprint density at radius 2 is 0.952 bits per heavy atom. The Balaban J connectivity index is 1.44. The van der Waals surface area contributed by atoms with Crippen LogP contribution in [-0.2, 0) is 5.41 Å². The monoisotopic (exact) mass is 531 g/mol. The van der Waals surface area contributed by atoms with E-state index in [9.17, 15) is 0 Å². The fourth-order valence-corrected chi connectivity index (χ4v) is 8.21. The SMILES string of the molecule is c1ccc(-n2c3cc4c(cc3c3ccc5ccccc5c32)-c2ccccc2C42c3ccccc3-c3ccccc32)cc1. The van der Waals surface area contributed by atoms with Crippen LogP contribution in [0.25, 0.3) is 60.5 Å². The van der Waals surface area contributed by atoms with Crippen molar-refractivity contribution in [2.45, 2.75) is 5.41 Å². The molecular formula is C41H25N. The molecule has 0 atom stereocenters. The molecule has 0 unspecified atom stereocenters. The second-order valence-corrected chi connectivity index (χ2v) is 11.7. The van der Waals surface area contributed by atoms with Gasteiger partial charge in [-0.3, -0.25) is 0 Å². The molecular weight excluding hydrogens is 506 g/mol. The fourth-order valence-electron chi connectivity index (χ4n) is 8.21. The lowest BCUT2D eigenvalue weighted by Gasteiger charge is -2.30. The minimum absolute atomic E-state index is 0.354. The summed E-state index contributed by atoms with van der Waals surface area (Å²) in [6.45, 7) is 0. The topological polar surface area (TPSA) is 4.93 Å². The van der Waals surface area contributed by atoms with E-state index in [2.05, 4.69) is 156 Å². The van der Waals surface area contributed by atoms with Crippen molar-refractivity contribution in [1.29, 1.82) is 0 Å². The van der Waals surface area contributed by atoms with Crippen LogP contribution in [0, 0.1) is 0 Å². The number of para-hydroxylation sites is 1. The van der Waals surface area contributed by atoms with Crippen LogP contribution in [0.15, 0.2) is 152 Å². The van der Waals surface area contributed by atoms with E-state index in [0.29, 0.717) is 0 Å². The molecule has 0 aliphatic heterocycles. The lowest BCUT2D eigenvalue weighted by atomic mass is 9.70. The van der Waals surface area contributed by atoms with E-state index in [1.165, 1.54) is 82.8 Å². The van der Waals surface area contributed by atoms with Crippen molar-refractivity contribution in [1.82, 2.24) is 4.57 Å². The molecule has 0 bridgehead atoms. The van der Waals surface area contributed by atoms with E-state index >= 15 is 0 Å². The minimum Gasteiger partial charge on any atom is -0.309 e. The van der Waals surface area contributed by atoms with Gasteiger partial charge in [0, 0.05) is 21.8 Å². The van der Waals surface area contributed by atoms with Gasteiger partial charge in [0.2, 0.25) is 0 Å². The van der Waals surface area contributed by atoms with Crippen LogP contribution >= 0.6 is 0 Å². The highest BCUT2D eigenvalue weighted by Crippen LogP contribution is 2.63. The van der Waals surface area contributed by atoms with Gasteiger partial charge in [0.15, 0.2) is 0 Å². The van der Waals surface area contributed by atoms with Crippen molar-refractivity contribution in [3.05, 3.63) is 174 Å². The van der Waals surface area contributed by atoms with Gasteiger partial charge >= 0.3 is 0 Å². The molecule has 1 spiro atoms. The Kier molecular flexibility index (Phi) is 4.18. The second kappa shape index (κ2) is 7.87. The number of fused-ring (bicyclic) bond motifs is 15. The van der Waals surface area contributed by atoms with Crippen LogP contribution in [0.2, 0.25) is 0 Å². The molecule has 1 heterocycles. The van der Waals surface area contributed by atoms with Gasteiger partial charge < -0.3 is 4.57 Å². The molecule has 1 heteroatoms. The van der Waals surface area contributed by atoms with Gasteiger partial charge in [-0.1, -0.05) is 127 Å². The van der Waals surface area contributed by atoms with Gasteiger partial charge in [-0.05, 0) is 74.2 Å². The van der Waals surface area contributed by atoms with Crippen LogP contribution < -0.4 is 0 Å². The first kappa shape index (κ1) is 22.3. The summed E-state index contributed by atoms with van der Waals surface area (Å²) in [5.41, 5.74) is 14.2. The maximum Gasteiger partial charge on any atom is 0.0726 e. The molecule has 10 rings (SSSR count). The molecule has 0 radical (unpaired) electrons. The molecule has 0 amide bonds. The third kappa shape index (κ3) is 2.56. The number of nitrogens with zero attached hydrogens (tertiary/aromatic N) is 1. The standard InChI is InChI=1S/C41H25N/c1-2-13-27(14-3-1)42-39-25-38-33(24-34(39)32-23-22-26-12-4-5-15-28(26)40(32)42)31-18-8-11-21-37(31)41(38)35-19-9-6-16-29(35)30-17-7-10-20-36(30)41/h1-25H. The summed E-state index contributed by atoms with van der Waals surface area (Å²) in [6, 6.07) is 56.4. The van der Waals surface area contributed by atoms with Crippen molar-refractivity contribution in [3.8, 4) is 27.9 Å². The van der Waals surface area contributed by atoms with E-state index in [1.54, 1.807) is 0 Å². The van der Waals surface area contributed by atoms with Crippen LogP contribution in [0.4, 0.5) is 0 Å². The van der Waals surface area contributed by atoms with Crippen LogP contribution in [0.5, 0.6) is 0 Å². The van der Waals surface area contributed by atoms with E-state index in [1.807, 2.05) is 0 Å². The Morgan fingerprint density at radius 1 is 0.381 bits per heavy atom. The highest BCUT2D eigenvalue weighted by molar-refractivity contribution is 6.20. The van der Waals surface area contributed by atoms with Crippen LogP contribution in [-0.4, -0.2) is 4.57 Å². The van der Waals surface area contributed by atoms with Gasteiger partial charge in [0.1, 0.15) is 0 Å². The average Bonchev–Trinajstić information content (AvgIpc) is 3.66. The highest BCUT2D eigenvalue weighted by atomic mass is 15.0. The quantitative estimate of drug-likeness (QED) is 0.199. The zero-order chi connectivity index (χ0) is 27.4. The molecule has 2 aliphatic rings. The minimum atomic E-state index is -0.354. The third-order valence-electron chi connectivity index (χ3n) is 9.78. The second-order valence-electron chi connectivity index (χ2n) is 11.7. The molecule has 194 valence electrons. The molecule has 0 fully saturated rings. The Labute approximate surface area is 243 Å². The number of hydrogen-bond donors (Lipinski definition) is 0. The lowest BCUT2D eigenvalue weighted by Crippen LogP contribution is -2.25. The normalized spacial score (nSPS) is 13.9. The molecule has 0 saturated carbocycles. The lowest BCUT2D eigenvalue weighted by molar-refractivity contribution is 0.794. The summed E-state index contributed by atoms with van der Waals surface area (Å²) >= 11 is 0. The van der Waals surface area contributed by atoms with Crippen molar-refractivity contribution in [2.24, 2.45) is 0 Å². The van der Waals surface area contributed by atoms with Crippen molar-refractivity contribution < 1.29 is 0 Å². The fraction of sp³-hybridized carbons (Fsp3) is 0.0244. The maximum absolute atomic E-state index is 2.52. The Bertz CT molecular complexity index is 2360. The smallest absolute Gasteiger partial charge is 0.0726 e. The molecule has 1 aromatic heterocycles. The predicted molar refractivity (Wildman–Crippen MR) is 175 cm³/mol. The predicted octanol–water partition coefficient (Wildman–Crippen LogP) is 10.3. The molecule has 0 saturated heterocycles. The first-order valence-corrected chi connectivity index (χ1v) is 14.7. The first-order valence-electron chi connectivity index (χ1n) is 14.7. The Morgan fingerprint density at radius 3 is 1.64 bits per heavy atom. The molecule has 0 N–H and O–H groups in total. The number of rotatable bonds is 1. The third-order valence-corrected chi connectivity index (χ3v) is 9.78. The van der Waals surface area contributed by atoms with E-state index in [-0.39, 0.29) is 5.41 Å². The molecule has 42 heavy (non-hydrogen) atoms. The van der Waals surface area contributed by atoms with Crippen LogP contribution in [0.1, 0.15) is 22.3 Å². The van der Waals surface area contributed by atoms with E-state index in [0.717, 1.165) is 0 Å². The number of hydrogen-bond acceptors (Lipinski definition) is 0. The summed E-state index contributed by atoms with van der Waals surface area (Å²) in [7, 11) is 0. The van der Waals surface area contributed by atoms with Gasteiger partial charge in [-0.15, -0.1) is 0 Å². The van der Waals surface area contributed by atoms with Crippen molar-refractivity contribution >= 4 is 32.6 Å². The van der Waals surface area contributed by atoms with Crippen molar-refractivity contribution in [3.63, 3.8) is 0 Å². The highest BCUT2D eigenvalue weighted by Gasteiger charge is 2.51. The number of aromatic nitrogens is 1. The number of benzene rings is 7. The van der Waals surface area contributed by atoms with Gasteiger partial charge in [-0.2, -0.15) is 0 Å². The van der Waals surface area contributed by atoms with E-state index < -0.39 is 0 Å². The molecule has 1 nitrogen and oxygen atoms in total. The molecule has 7 aromatic carbocycles. The average molecular weight is 532 g/mol. The summed E-state index contributed by atoms with van der Waals surface area (Å²) in [6.07, 6.45) is 0. The summed E-state index contributed by atoms with van der Waals surface area (Å²) in [5, 5.41) is 5.13. The summed E-state index contributed by atoms with van der Waals surface area (Å²) in [4.78, 5) is 0. The maximum atomic E-state index is 2.52. The molecule has 8 aromatic rings. The van der Waals surface area contributed by atoms with Crippen molar-refractivity contribution in [2.75, 3.05) is 0 Å². The van der Waals surface area contributed by atoms with E-state index in [4.69, 9.17) is 0 Å². The van der Waals surface area contributed by atoms with Crippen LogP contribution in [0.3, 0.4) is 0 Å². The summed E-state index contributed by atoms with van der Waals surface area (Å²) < 4.78 is 2.50. The molecule has 2 aliphatic carbocycles.